The number of aliphatic carboxylic acids is 1. The van der Waals surface area contributed by atoms with Gasteiger partial charge in [-0.3, -0.25) is 9.59 Å². The van der Waals surface area contributed by atoms with Crippen LogP contribution < -0.4 is 10.2 Å². The first-order chi connectivity index (χ1) is 17.4. The zero-order valence-electron chi connectivity index (χ0n) is 21.0. The molecule has 2 heterocycles. The fourth-order valence-corrected chi connectivity index (χ4v) is 9.20. The van der Waals surface area contributed by atoms with Crippen LogP contribution in [0.2, 0.25) is 0 Å². The van der Waals surface area contributed by atoms with Crippen molar-refractivity contribution in [2.75, 3.05) is 18.0 Å². The molecule has 6 rings (SSSR count). The van der Waals surface area contributed by atoms with Gasteiger partial charge in [-0.05, 0) is 87.7 Å². The number of nitrogens with one attached hydrogen (secondary N) is 1. The van der Waals surface area contributed by atoms with E-state index in [0.717, 1.165) is 62.2 Å². The zero-order chi connectivity index (χ0) is 24.9. The summed E-state index contributed by atoms with van der Waals surface area (Å²) >= 11 is 1.74. The number of aliphatic hydroxyl groups is 1. The molecular weight excluding hydrogens is 474 g/mol. The summed E-state index contributed by atoms with van der Waals surface area (Å²) in [5, 5.41) is 25.1. The maximum atomic E-state index is 13.7. The van der Waals surface area contributed by atoms with E-state index in [-0.39, 0.29) is 17.9 Å². The van der Waals surface area contributed by atoms with Crippen LogP contribution in [-0.4, -0.2) is 57.1 Å². The van der Waals surface area contributed by atoms with E-state index < -0.39 is 11.6 Å². The second kappa shape index (κ2) is 9.82. The summed E-state index contributed by atoms with van der Waals surface area (Å²) in [4.78, 5) is 32.2. The highest BCUT2D eigenvalue weighted by molar-refractivity contribution is 7.99. The first-order valence-electron chi connectivity index (χ1n) is 14.1. The topological polar surface area (TPSA) is 103 Å². The van der Waals surface area contributed by atoms with Gasteiger partial charge in [0.05, 0.1) is 17.1 Å². The van der Waals surface area contributed by atoms with E-state index in [1.807, 2.05) is 17.0 Å². The fraction of sp³-hybridized carbons (Fsp3) is 0.750. The van der Waals surface area contributed by atoms with Crippen molar-refractivity contribution in [1.29, 1.82) is 0 Å². The van der Waals surface area contributed by atoms with Crippen molar-refractivity contribution in [1.82, 2.24) is 10.3 Å². The summed E-state index contributed by atoms with van der Waals surface area (Å²) in [6, 6.07) is 3.91. The van der Waals surface area contributed by atoms with Gasteiger partial charge in [0.25, 0.3) is 5.91 Å². The van der Waals surface area contributed by atoms with Gasteiger partial charge in [-0.15, -0.1) is 11.8 Å². The van der Waals surface area contributed by atoms with Crippen molar-refractivity contribution < 1.29 is 19.8 Å². The molecule has 196 valence electrons. The second-order valence-electron chi connectivity index (χ2n) is 12.2. The number of pyridine rings is 1. The zero-order valence-corrected chi connectivity index (χ0v) is 21.8. The van der Waals surface area contributed by atoms with Gasteiger partial charge in [-0.25, -0.2) is 4.98 Å². The smallest absolute Gasteiger partial charge is 0.308 e. The molecule has 0 radical (unpaired) electrons. The molecule has 8 heteroatoms. The standard InChI is InChI=1S/C28H39N3O4S/c32-25(29-23-8-6-17-13-28(35)14-19(17)12-20(23)15-28)22-7-9-24(31-11-10-18(16-31)27(33)34)30-26(22)36-21-4-2-1-3-5-21/h7,9,17-21,23,35H,1-6,8,10-16H2,(H,29,32)(H,33,34)/t17?,18?,19?,20?,23?,28-/m1/s1. The number of carbonyl (C=O) groups is 2. The first kappa shape index (κ1) is 24.5. The number of thioether (sulfide) groups is 1. The van der Waals surface area contributed by atoms with Gasteiger partial charge < -0.3 is 20.4 Å². The van der Waals surface area contributed by atoms with Crippen molar-refractivity contribution >= 4 is 29.5 Å². The molecule has 1 aliphatic heterocycles. The molecule has 6 atom stereocenters. The Morgan fingerprint density at radius 1 is 1.00 bits per heavy atom. The number of nitrogens with zero attached hydrogens (tertiary/aromatic N) is 2. The van der Waals surface area contributed by atoms with Crippen molar-refractivity contribution in [2.45, 2.75) is 99.0 Å². The lowest BCUT2D eigenvalue weighted by Crippen LogP contribution is -2.45. The number of anilines is 1. The Morgan fingerprint density at radius 3 is 2.56 bits per heavy atom. The van der Waals surface area contributed by atoms with Gasteiger partial charge in [0.15, 0.2) is 0 Å². The number of hydrogen-bond acceptors (Lipinski definition) is 6. The molecule has 1 saturated heterocycles. The summed E-state index contributed by atoms with van der Waals surface area (Å²) in [5.74, 6) is 1.19. The van der Waals surface area contributed by atoms with Crippen LogP contribution in [0.25, 0.3) is 0 Å². The summed E-state index contributed by atoms with van der Waals surface area (Å²) in [6.07, 6.45) is 12.6. The Morgan fingerprint density at radius 2 is 1.78 bits per heavy atom. The highest BCUT2D eigenvalue weighted by Gasteiger charge is 2.53. The van der Waals surface area contributed by atoms with Crippen LogP contribution in [0.3, 0.4) is 0 Å². The van der Waals surface area contributed by atoms with Crippen LogP contribution in [0.5, 0.6) is 0 Å². The quantitative estimate of drug-likeness (QED) is 0.515. The maximum absolute atomic E-state index is 13.7. The number of amides is 1. The Bertz CT molecular complexity index is 1010. The number of carboxylic acids is 1. The summed E-state index contributed by atoms with van der Waals surface area (Å²) in [7, 11) is 0. The van der Waals surface area contributed by atoms with Crippen molar-refractivity contribution in [3.63, 3.8) is 0 Å². The van der Waals surface area contributed by atoms with E-state index in [9.17, 15) is 19.8 Å². The summed E-state index contributed by atoms with van der Waals surface area (Å²) in [6.45, 7) is 1.15. The summed E-state index contributed by atoms with van der Waals surface area (Å²) in [5.41, 5.74) is 0.125. The van der Waals surface area contributed by atoms with Gasteiger partial charge >= 0.3 is 5.97 Å². The van der Waals surface area contributed by atoms with Crippen LogP contribution >= 0.6 is 11.8 Å². The first-order valence-corrected chi connectivity index (χ1v) is 14.9. The monoisotopic (exact) mass is 513 g/mol. The lowest BCUT2D eigenvalue weighted by molar-refractivity contribution is -0.140. The minimum Gasteiger partial charge on any atom is -0.481 e. The molecular formula is C28H39N3O4S. The highest BCUT2D eigenvalue weighted by Crippen LogP contribution is 2.55. The van der Waals surface area contributed by atoms with E-state index in [2.05, 4.69) is 5.32 Å². The Labute approximate surface area is 217 Å². The van der Waals surface area contributed by atoms with Gasteiger partial charge in [0.2, 0.25) is 0 Å². The lowest BCUT2D eigenvalue weighted by Gasteiger charge is -2.38. The fourth-order valence-electron chi connectivity index (χ4n) is 7.89. The van der Waals surface area contributed by atoms with Gasteiger partial charge in [-0.1, -0.05) is 19.3 Å². The van der Waals surface area contributed by atoms with E-state index in [0.29, 0.717) is 48.1 Å². The minimum absolute atomic E-state index is 0.0492. The molecule has 1 aromatic heterocycles. The Balaban J connectivity index is 1.22. The van der Waals surface area contributed by atoms with E-state index >= 15 is 0 Å². The number of aromatic nitrogens is 1. The van der Waals surface area contributed by atoms with Crippen LogP contribution in [0.4, 0.5) is 5.82 Å². The Hall–Kier alpha value is -1.80. The SMILES string of the molecule is O=C(NC1CCC2C[C@@]3(O)CC2CC1C3)c1ccc(N2CCC(C(=O)O)C2)nc1SC1CCCCC1. The van der Waals surface area contributed by atoms with Crippen LogP contribution in [0, 0.1) is 23.7 Å². The molecule has 0 aromatic carbocycles. The molecule has 1 aromatic rings. The number of hydrogen-bond donors (Lipinski definition) is 3. The van der Waals surface area contributed by atoms with E-state index in [1.165, 1.54) is 19.3 Å². The third kappa shape index (κ3) is 4.87. The van der Waals surface area contributed by atoms with Crippen LogP contribution in [0.15, 0.2) is 17.2 Å². The molecule has 5 unspecified atom stereocenters. The van der Waals surface area contributed by atoms with Crippen molar-refractivity contribution in [3.05, 3.63) is 17.7 Å². The molecule has 5 fully saturated rings. The van der Waals surface area contributed by atoms with Gasteiger partial charge in [0, 0.05) is 24.4 Å². The third-order valence-electron chi connectivity index (χ3n) is 9.71. The minimum atomic E-state index is -0.749. The molecule has 4 saturated carbocycles. The molecule has 7 nitrogen and oxygen atoms in total. The molecule has 0 spiro atoms. The molecule has 5 aliphatic rings. The molecule has 4 aliphatic carbocycles. The van der Waals surface area contributed by atoms with Gasteiger partial charge in [-0.2, -0.15) is 0 Å². The predicted molar refractivity (Wildman–Crippen MR) is 139 cm³/mol. The van der Waals surface area contributed by atoms with E-state index in [4.69, 9.17) is 4.98 Å². The average Bonchev–Trinajstić information content (AvgIpc) is 3.41. The second-order valence-corrected chi connectivity index (χ2v) is 13.5. The number of fused-ring (bicyclic) bond motifs is 2. The van der Waals surface area contributed by atoms with Crippen molar-refractivity contribution in [3.8, 4) is 0 Å². The van der Waals surface area contributed by atoms with Crippen LogP contribution in [0.1, 0.15) is 87.4 Å². The number of carboxylic acid groups (broad SMARTS) is 1. The summed E-state index contributed by atoms with van der Waals surface area (Å²) < 4.78 is 0. The van der Waals surface area contributed by atoms with Gasteiger partial charge in [0.1, 0.15) is 10.8 Å². The average molecular weight is 514 g/mol. The molecule has 3 N–H and O–H groups in total. The molecule has 1 amide bonds. The third-order valence-corrected chi connectivity index (χ3v) is 11.1. The number of rotatable bonds is 6. The molecule has 36 heavy (non-hydrogen) atoms. The van der Waals surface area contributed by atoms with Crippen LogP contribution in [-0.2, 0) is 4.79 Å². The maximum Gasteiger partial charge on any atom is 0.308 e. The Kier molecular flexibility index (Phi) is 6.69. The van der Waals surface area contributed by atoms with E-state index in [1.54, 1.807) is 11.8 Å². The van der Waals surface area contributed by atoms with Crippen molar-refractivity contribution in [2.24, 2.45) is 23.7 Å². The predicted octanol–water partition coefficient (Wildman–Crippen LogP) is 4.48. The highest BCUT2D eigenvalue weighted by atomic mass is 32.2. The molecule has 3 bridgehead atoms. The number of carbonyl (C=O) groups excluding carboxylic acids is 1. The lowest BCUT2D eigenvalue weighted by atomic mass is 9.75. The largest absolute Gasteiger partial charge is 0.481 e. The normalized spacial score (nSPS) is 36.1.